The smallest absolute Gasteiger partial charge is 0.0316 e. The van der Waals surface area contributed by atoms with Crippen LogP contribution in [0.5, 0.6) is 0 Å². The first-order valence-electron chi connectivity index (χ1n) is 5.44. The Morgan fingerprint density at radius 2 is 1.86 bits per heavy atom. The number of hydrogen-bond acceptors (Lipinski definition) is 2. The molecule has 74 valence electrons. The molecule has 3 N–H and O–H groups in total. The summed E-state index contributed by atoms with van der Waals surface area (Å²) in [6, 6.07) is 7.80. The highest BCUT2D eigenvalue weighted by molar-refractivity contribution is 5.47. The van der Waals surface area contributed by atoms with Gasteiger partial charge in [-0.25, -0.2) is 0 Å². The first-order valence-corrected chi connectivity index (χ1v) is 5.44. The Morgan fingerprint density at radius 3 is 2.64 bits per heavy atom. The molecule has 1 fully saturated rings. The van der Waals surface area contributed by atoms with Crippen LogP contribution in [0.2, 0.25) is 0 Å². The molecule has 3 rings (SSSR count). The largest absolute Gasteiger partial charge is 0.399 e. The average molecular weight is 188 g/mol. The second kappa shape index (κ2) is 2.99. The molecule has 2 heteroatoms. The molecular weight excluding hydrogens is 172 g/mol. The standard InChI is InChI=1S/C12H16N2/c13-10-2-1-8-6-12(7-9(8)5-10)14-11-3-4-11/h1-2,5,11-12,14H,3-4,6-7,13H2. The number of hydrogen-bond donors (Lipinski definition) is 2. The summed E-state index contributed by atoms with van der Waals surface area (Å²) >= 11 is 0. The van der Waals surface area contributed by atoms with Gasteiger partial charge in [0.25, 0.3) is 0 Å². The highest BCUT2D eigenvalue weighted by Gasteiger charge is 2.28. The van der Waals surface area contributed by atoms with Gasteiger partial charge < -0.3 is 11.1 Å². The molecule has 0 aromatic heterocycles. The number of anilines is 1. The van der Waals surface area contributed by atoms with Gasteiger partial charge in [0.15, 0.2) is 0 Å². The molecule has 1 unspecified atom stereocenters. The molecule has 1 aromatic carbocycles. The van der Waals surface area contributed by atoms with Crippen LogP contribution >= 0.6 is 0 Å². The number of nitrogen functional groups attached to an aromatic ring is 1. The fourth-order valence-corrected chi connectivity index (χ4v) is 2.34. The van der Waals surface area contributed by atoms with Crippen LogP contribution in [0.4, 0.5) is 5.69 Å². The number of rotatable bonds is 2. The van der Waals surface area contributed by atoms with Gasteiger partial charge in [-0.3, -0.25) is 0 Å². The highest BCUT2D eigenvalue weighted by atomic mass is 15.0. The van der Waals surface area contributed by atoms with Crippen LogP contribution in [0, 0.1) is 0 Å². The monoisotopic (exact) mass is 188 g/mol. The minimum atomic E-state index is 0.666. The summed E-state index contributed by atoms with van der Waals surface area (Å²) < 4.78 is 0. The van der Waals surface area contributed by atoms with Crippen LogP contribution in [-0.4, -0.2) is 12.1 Å². The van der Waals surface area contributed by atoms with Crippen molar-refractivity contribution in [3.63, 3.8) is 0 Å². The maximum Gasteiger partial charge on any atom is 0.0316 e. The molecule has 2 aliphatic carbocycles. The van der Waals surface area contributed by atoms with E-state index in [-0.39, 0.29) is 0 Å². The van der Waals surface area contributed by atoms with Crippen LogP contribution in [0.1, 0.15) is 24.0 Å². The minimum Gasteiger partial charge on any atom is -0.399 e. The molecule has 0 heterocycles. The highest BCUT2D eigenvalue weighted by Crippen LogP contribution is 2.27. The maximum atomic E-state index is 5.77. The van der Waals surface area contributed by atoms with Crippen molar-refractivity contribution in [1.82, 2.24) is 5.32 Å². The molecule has 0 saturated heterocycles. The van der Waals surface area contributed by atoms with Crippen molar-refractivity contribution < 1.29 is 0 Å². The van der Waals surface area contributed by atoms with Crippen molar-refractivity contribution in [3.8, 4) is 0 Å². The zero-order valence-electron chi connectivity index (χ0n) is 8.29. The Morgan fingerprint density at radius 1 is 1.07 bits per heavy atom. The zero-order chi connectivity index (χ0) is 9.54. The molecule has 0 spiro atoms. The van der Waals surface area contributed by atoms with Crippen LogP contribution in [0.25, 0.3) is 0 Å². The lowest BCUT2D eigenvalue weighted by Gasteiger charge is -2.09. The second-order valence-corrected chi connectivity index (χ2v) is 4.57. The topological polar surface area (TPSA) is 38.0 Å². The van der Waals surface area contributed by atoms with Crippen LogP contribution < -0.4 is 11.1 Å². The summed E-state index contributed by atoms with van der Waals surface area (Å²) in [5.41, 5.74) is 9.60. The van der Waals surface area contributed by atoms with E-state index in [9.17, 15) is 0 Å². The lowest BCUT2D eigenvalue weighted by atomic mass is 10.1. The Balaban J connectivity index is 1.75. The molecule has 0 aliphatic heterocycles. The Kier molecular flexibility index (Phi) is 1.77. The van der Waals surface area contributed by atoms with Crippen molar-refractivity contribution in [1.29, 1.82) is 0 Å². The molecule has 0 bridgehead atoms. The van der Waals surface area contributed by atoms with Crippen molar-refractivity contribution in [2.75, 3.05) is 5.73 Å². The Labute approximate surface area is 84.5 Å². The predicted molar refractivity (Wildman–Crippen MR) is 58.2 cm³/mol. The van der Waals surface area contributed by atoms with Gasteiger partial charge in [-0.2, -0.15) is 0 Å². The van der Waals surface area contributed by atoms with E-state index in [2.05, 4.69) is 17.4 Å². The SMILES string of the molecule is Nc1ccc2c(c1)CC(NC1CC1)C2. The van der Waals surface area contributed by atoms with Gasteiger partial charge >= 0.3 is 0 Å². The van der Waals surface area contributed by atoms with Crippen LogP contribution in [0.15, 0.2) is 18.2 Å². The molecule has 1 saturated carbocycles. The lowest BCUT2D eigenvalue weighted by molar-refractivity contribution is 0.530. The summed E-state index contributed by atoms with van der Waals surface area (Å²) in [5.74, 6) is 0. The van der Waals surface area contributed by atoms with Crippen LogP contribution in [-0.2, 0) is 12.8 Å². The number of nitrogens with two attached hydrogens (primary N) is 1. The molecule has 2 aliphatic rings. The number of fused-ring (bicyclic) bond motifs is 1. The van der Waals surface area contributed by atoms with Crippen molar-refractivity contribution in [2.24, 2.45) is 0 Å². The summed E-state index contributed by atoms with van der Waals surface area (Å²) in [4.78, 5) is 0. The van der Waals surface area contributed by atoms with E-state index in [0.29, 0.717) is 6.04 Å². The first-order chi connectivity index (χ1) is 6.81. The molecule has 0 amide bonds. The molecule has 14 heavy (non-hydrogen) atoms. The molecule has 1 aromatic rings. The zero-order valence-corrected chi connectivity index (χ0v) is 8.29. The first kappa shape index (κ1) is 8.30. The van der Waals surface area contributed by atoms with Crippen molar-refractivity contribution in [2.45, 2.75) is 37.8 Å². The van der Waals surface area contributed by atoms with E-state index in [1.807, 2.05) is 6.07 Å². The van der Waals surface area contributed by atoms with E-state index in [1.54, 1.807) is 0 Å². The predicted octanol–water partition coefficient (Wildman–Crippen LogP) is 1.49. The van der Waals surface area contributed by atoms with E-state index >= 15 is 0 Å². The minimum absolute atomic E-state index is 0.666. The fraction of sp³-hybridized carbons (Fsp3) is 0.500. The summed E-state index contributed by atoms with van der Waals surface area (Å²) in [6.07, 6.45) is 5.09. The Bertz CT molecular complexity index is 355. The average Bonchev–Trinajstić information content (AvgIpc) is 2.84. The number of nitrogens with one attached hydrogen (secondary N) is 1. The molecule has 0 radical (unpaired) electrons. The summed E-state index contributed by atoms with van der Waals surface area (Å²) in [5, 5.41) is 3.68. The third-order valence-electron chi connectivity index (χ3n) is 3.21. The van der Waals surface area contributed by atoms with Gasteiger partial charge in [0, 0.05) is 17.8 Å². The van der Waals surface area contributed by atoms with Gasteiger partial charge in [-0.15, -0.1) is 0 Å². The molecule has 2 nitrogen and oxygen atoms in total. The van der Waals surface area contributed by atoms with Crippen molar-refractivity contribution in [3.05, 3.63) is 29.3 Å². The second-order valence-electron chi connectivity index (χ2n) is 4.57. The third-order valence-corrected chi connectivity index (χ3v) is 3.21. The van der Waals surface area contributed by atoms with Crippen LogP contribution in [0.3, 0.4) is 0 Å². The van der Waals surface area contributed by atoms with Gasteiger partial charge in [0.1, 0.15) is 0 Å². The van der Waals surface area contributed by atoms with Gasteiger partial charge in [0.2, 0.25) is 0 Å². The van der Waals surface area contributed by atoms with E-state index in [4.69, 9.17) is 5.73 Å². The normalized spacial score (nSPS) is 25.0. The van der Waals surface area contributed by atoms with Crippen molar-refractivity contribution >= 4 is 5.69 Å². The molecular formula is C12H16N2. The lowest BCUT2D eigenvalue weighted by Crippen LogP contribution is -2.31. The Hall–Kier alpha value is -1.02. The van der Waals surface area contributed by atoms with E-state index < -0.39 is 0 Å². The fourth-order valence-electron chi connectivity index (χ4n) is 2.34. The number of benzene rings is 1. The maximum absolute atomic E-state index is 5.77. The van der Waals surface area contributed by atoms with Gasteiger partial charge in [-0.05, 0) is 48.9 Å². The summed E-state index contributed by atoms with van der Waals surface area (Å²) in [7, 11) is 0. The van der Waals surface area contributed by atoms with E-state index in [1.165, 1.54) is 30.4 Å². The summed E-state index contributed by atoms with van der Waals surface area (Å²) in [6.45, 7) is 0. The molecule has 1 atom stereocenters. The van der Waals surface area contributed by atoms with E-state index in [0.717, 1.165) is 18.2 Å². The third kappa shape index (κ3) is 1.50. The quantitative estimate of drug-likeness (QED) is 0.690. The van der Waals surface area contributed by atoms with Gasteiger partial charge in [0.05, 0.1) is 0 Å². The van der Waals surface area contributed by atoms with Gasteiger partial charge in [-0.1, -0.05) is 6.07 Å².